The Kier molecular flexibility index (Phi) is 7.25. The van der Waals surface area contributed by atoms with E-state index in [0.29, 0.717) is 47.2 Å². The van der Waals surface area contributed by atoms with Gasteiger partial charge in [-0.25, -0.2) is 9.78 Å². The number of carbonyl (C=O) groups excluding carboxylic acids is 2. The third-order valence-corrected chi connectivity index (χ3v) is 5.07. The molecule has 2 aromatic carbocycles. The molecule has 0 unspecified atom stereocenters. The van der Waals surface area contributed by atoms with Crippen LogP contribution < -0.4 is 14.8 Å². The van der Waals surface area contributed by atoms with E-state index >= 15 is 0 Å². The van der Waals surface area contributed by atoms with Crippen molar-refractivity contribution in [2.45, 2.75) is 20.8 Å². The summed E-state index contributed by atoms with van der Waals surface area (Å²) in [5.41, 5.74) is 2.77. The summed E-state index contributed by atoms with van der Waals surface area (Å²) in [7, 11) is 0. The molecular weight excluding hydrogens is 450 g/mol. The Hall–Kier alpha value is -4.40. The average molecular weight is 476 g/mol. The normalized spacial score (nSPS) is 10.7. The molecule has 4 rings (SSSR count). The summed E-state index contributed by atoms with van der Waals surface area (Å²) >= 11 is 0. The molecular formula is C26H25N3O6. The number of nitrogens with one attached hydrogen (secondary N) is 1. The molecule has 0 atom stereocenters. The number of esters is 1. The Morgan fingerprint density at radius 2 is 1.71 bits per heavy atom. The lowest BCUT2D eigenvalue weighted by Gasteiger charge is -2.13. The van der Waals surface area contributed by atoms with Crippen molar-refractivity contribution >= 4 is 28.7 Å². The Bertz CT molecular complexity index is 1350. The van der Waals surface area contributed by atoms with Gasteiger partial charge in [0, 0.05) is 17.3 Å². The second-order valence-electron chi connectivity index (χ2n) is 7.52. The number of fused-ring (bicyclic) bond motifs is 1. The Morgan fingerprint density at radius 1 is 0.971 bits per heavy atom. The van der Waals surface area contributed by atoms with Gasteiger partial charge in [0.1, 0.15) is 0 Å². The third-order valence-electron chi connectivity index (χ3n) is 5.07. The molecule has 0 bridgehead atoms. The fourth-order valence-electron chi connectivity index (χ4n) is 3.55. The zero-order valence-corrected chi connectivity index (χ0v) is 19.7. The number of rotatable bonds is 9. The molecule has 2 aromatic heterocycles. The fraction of sp³-hybridized carbons (Fsp3) is 0.231. The highest BCUT2D eigenvalue weighted by Crippen LogP contribution is 2.31. The molecule has 1 amide bonds. The summed E-state index contributed by atoms with van der Waals surface area (Å²) in [5.74, 6) is -0.0863. The minimum absolute atomic E-state index is 0.220. The summed E-state index contributed by atoms with van der Waals surface area (Å²) in [5, 5.41) is 7.07. The molecule has 4 aromatic rings. The van der Waals surface area contributed by atoms with Crippen molar-refractivity contribution in [1.29, 1.82) is 0 Å². The van der Waals surface area contributed by atoms with Crippen molar-refractivity contribution in [1.82, 2.24) is 10.1 Å². The molecule has 0 aliphatic heterocycles. The van der Waals surface area contributed by atoms with E-state index in [1.165, 1.54) is 0 Å². The van der Waals surface area contributed by atoms with Gasteiger partial charge in [-0.15, -0.1) is 0 Å². The molecule has 9 heteroatoms. The van der Waals surface area contributed by atoms with Crippen molar-refractivity contribution < 1.29 is 28.3 Å². The highest BCUT2D eigenvalue weighted by Gasteiger charge is 2.21. The molecule has 35 heavy (non-hydrogen) atoms. The van der Waals surface area contributed by atoms with E-state index in [-0.39, 0.29) is 11.3 Å². The third kappa shape index (κ3) is 5.40. The van der Waals surface area contributed by atoms with Crippen LogP contribution in [-0.4, -0.2) is 41.8 Å². The number of anilines is 1. The van der Waals surface area contributed by atoms with Crippen LogP contribution in [0.25, 0.3) is 22.4 Å². The second kappa shape index (κ2) is 10.7. The van der Waals surface area contributed by atoms with E-state index in [9.17, 15) is 9.59 Å². The molecule has 180 valence electrons. The monoisotopic (exact) mass is 475 g/mol. The van der Waals surface area contributed by atoms with Crippen molar-refractivity contribution in [2.75, 3.05) is 25.1 Å². The number of benzene rings is 2. The summed E-state index contributed by atoms with van der Waals surface area (Å²) in [6.45, 7) is 5.90. The van der Waals surface area contributed by atoms with Gasteiger partial charge in [0.15, 0.2) is 18.1 Å². The van der Waals surface area contributed by atoms with Gasteiger partial charge in [-0.2, -0.15) is 0 Å². The van der Waals surface area contributed by atoms with E-state index in [1.54, 1.807) is 31.2 Å². The predicted molar refractivity (Wildman–Crippen MR) is 130 cm³/mol. The van der Waals surface area contributed by atoms with Gasteiger partial charge >= 0.3 is 5.97 Å². The standard InChI is InChI=1S/C26H25N3O6/c1-4-32-21-12-11-18(13-22(21)33-5-2)27-23(30)15-34-26(31)19-14-20(17-9-7-6-8-10-17)28-25-24(19)16(3)29-35-25/h6-14H,4-5,15H2,1-3H3,(H,27,30). The van der Waals surface area contributed by atoms with Gasteiger partial charge in [0.25, 0.3) is 11.6 Å². The number of aromatic nitrogens is 2. The van der Waals surface area contributed by atoms with Crippen LogP contribution in [0.1, 0.15) is 29.9 Å². The van der Waals surface area contributed by atoms with Crippen LogP contribution in [0.4, 0.5) is 5.69 Å². The van der Waals surface area contributed by atoms with Crippen molar-refractivity contribution in [2.24, 2.45) is 0 Å². The highest BCUT2D eigenvalue weighted by atomic mass is 16.5. The lowest BCUT2D eigenvalue weighted by molar-refractivity contribution is -0.119. The van der Waals surface area contributed by atoms with Crippen LogP contribution in [-0.2, 0) is 9.53 Å². The van der Waals surface area contributed by atoms with Crippen molar-refractivity contribution in [3.05, 3.63) is 65.9 Å². The second-order valence-corrected chi connectivity index (χ2v) is 7.52. The fourth-order valence-corrected chi connectivity index (χ4v) is 3.55. The van der Waals surface area contributed by atoms with E-state index in [0.717, 1.165) is 5.56 Å². The zero-order valence-electron chi connectivity index (χ0n) is 19.7. The van der Waals surface area contributed by atoms with Crippen molar-refractivity contribution in [3.8, 4) is 22.8 Å². The molecule has 9 nitrogen and oxygen atoms in total. The quantitative estimate of drug-likeness (QED) is 0.344. The number of hydrogen-bond acceptors (Lipinski definition) is 8. The number of carbonyl (C=O) groups is 2. The summed E-state index contributed by atoms with van der Waals surface area (Å²) in [6, 6.07) is 16.0. The topological polar surface area (TPSA) is 113 Å². The Labute approximate surface area is 202 Å². The van der Waals surface area contributed by atoms with Crippen LogP contribution in [0.15, 0.2) is 59.1 Å². The van der Waals surface area contributed by atoms with Gasteiger partial charge in [0.2, 0.25) is 0 Å². The first-order chi connectivity index (χ1) is 17.0. The molecule has 0 radical (unpaired) electrons. The summed E-state index contributed by atoms with van der Waals surface area (Å²) in [6.07, 6.45) is 0. The average Bonchev–Trinajstić information content (AvgIpc) is 3.25. The number of aryl methyl sites for hydroxylation is 1. The van der Waals surface area contributed by atoms with Crippen LogP contribution in [0.3, 0.4) is 0 Å². The van der Waals surface area contributed by atoms with Gasteiger partial charge in [-0.3, -0.25) is 4.79 Å². The number of hydrogen-bond donors (Lipinski definition) is 1. The van der Waals surface area contributed by atoms with Crippen LogP contribution in [0.2, 0.25) is 0 Å². The lowest BCUT2D eigenvalue weighted by Crippen LogP contribution is -2.21. The SMILES string of the molecule is CCOc1ccc(NC(=O)COC(=O)c2cc(-c3ccccc3)nc3onc(C)c23)cc1OCC. The van der Waals surface area contributed by atoms with Gasteiger partial charge in [0.05, 0.1) is 35.6 Å². The largest absolute Gasteiger partial charge is 0.490 e. The molecule has 0 saturated carbocycles. The van der Waals surface area contributed by atoms with Gasteiger partial charge in [-0.05, 0) is 39.0 Å². The molecule has 1 N–H and O–H groups in total. The smallest absolute Gasteiger partial charge is 0.339 e. The number of ether oxygens (including phenoxy) is 3. The molecule has 0 spiro atoms. The van der Waals surface area contributed by atoms with E-state index in [4.69, 9.17) is 18.7 Å². The highest BCUT2D eigenvalue weighted by molar-refractivity contribution is 6.05. The van der Waals surface area contributed by atoms with Crippen molar-refractivity contribution in [3.63, 3.8) is 0 Å². The maximum absolute atomic E-state index is 13.0. The molecule has 0 fully saturated rings. The van der Waals surface area contributed by atoms with Crippen LogP contribution in [0.5, 0.6) is 11.5 Å². The predicted octanol–water partition coefficient (Wildman–Crippen LogP) is 4.79. The maximum Gasteiger partial charge on any atom is 0.339 e. The summed E-state index contributed by atoms with van der Waals surface area (Å²) in [4.78, 5) is 29.9. The number of nitrogens with zero attached hydrogens (tertiary/aromatic N) is 2. The summed E-state index contributed by atoms with van der Waals surface area (Å²) < 4.78 is 21.7. The molecule has 0 aliphatic carbocycles. The molecule has 0 aliphatic rings. The van der Waals surface area contributed by atoms with Gasteiger partial charge in [-0.1, -0.05) is 35.5 Å². The molecule has 0 saturated heterocycles. The van der Waals surface area contributed by atoms with Gasteiger partial charge < -0.3 is 24.1 Å². The maximum atomic E-state index is 13.0. The van der Waals surface area contributed by atoms with E-state index in [2.05, 4.69) is 15.5 Å². The Balaban J connectivity index is 1.49. The first-order valence-electron chi connectivity index (χ1n) is 11.2. The molecule has 2 heterocycles. The first kappa shape index (κ1) is 23.7. The van der Waals surface area contributed by atoms with Crippen LogP contribution >= 0.6 is 0 Å². The minimum Gasteiger partial charge on any atom is -0.490 e. The lowest BCUT2D eigenvalue weighted by atomic mass is 10.1. The van der Waals surface area contributed by atoms with Crippen LogP contribution in [0, 0.1) is 6.92 Å². The number of amides is 1. The number of pyridine rings is 1. The Morgan fingerprint density at radius 3 is 2.46 bits per heavy atom. The first-order valence-corrected chi connectivity index (χ1v) is 11.2. The van der Waals surface area contributed by atoms with E-state index in [1.807, 2.05) is 44.2 Å². The minimum atomic E-state index is -0.683. The van der Waals surface area contributed by atoms with E-state index < -0.39 is 18.5 Å². The zero-order chi connectivity index (χ0) is 24.8.